The number of aliphatic carboxylic acids is 1. The van der Waals surface area contributed by atoms with Gasteiger partial charge in [-0.05, 0) is 18.6 Å². The summed E-state index contributed by atoms with van der Waals surface area (Å²) in [6.07, 6.45) is 0. The fraction of sp³-hybridized carbons (Fsp3) is 0.278. The highest BCUT2D eigenvalue weighted by Crippen LogP contribution is 2.28. The van der Waals surface area contributed by atoms with Crippen molar-refractivity contribution in [2.75, 3.05) is 18.1 Å². The number of carboxylic acids is 1. The van der Waals surface area contributed by atoms with Crippen molar-refractivity contribution in [1.82, 2.24) is 15.1 Å². The van der Waals surface area contributed by atoms with Crippen LogP contribution in [-0.4, -0.2) is 44.8 Å². The van der Waals surface area contributed by atoms with Gasteiger partial charge in [0.05, 0.1) is 22.9 Å². The van der Waals surface area contributed by atoms with Crippen LogP contribution in [-0.2, 0) is 11.3 Å². The molecule has 3 rings (SSSR count). The van der Waals surface area contributed by atoms with Gasteiger partial charge >= 0.3 is 5.97 Å². The van der Waals surface area contributed by atoms with Crippen molar-refractivity contribution in [2.45, 2.75) is 13.5 Å². The average Bonchev–Trinajstić information content (AvgIpc) is 3.17. The molecule has 2 N–H and O–H groups in total. The smallest absolute Gasteiger partial charge is 0.313 e. The van der Waals surface area contributed by atoms with Gasteiger partial charge < -0.3 is 10.4 Å². The number of aryl methyl sites for hydroxylation is 1. The quantitative estimate of drug-likeness (QED) is 0.579. The lowest BCUT2D eigenvalue weighted by Gasteiger charge is -2.03. The first-order chi connectivity index (χ1) is 12.5. The Kier molecular flexibility index (Phi) is 5.95. The van der Waals surface area contributed by atoms with Crippen molar-refractivity contribution in [2.24, 2.45) is 0 Å². The number of rotatable bonds is 8. The number of nitrogens with zero attached hydrogens (tertiary/aromatic N) is 2. The lowest BCUT2D eigenvalue weighted by molar-refractivity contribution is -0.133. The lowest BCUT2D eigenvalue weighted by atomic mass is 10.2. The summed E-state index contributed by atoms with van der Waals surface area (Å²) in [5.74, 6) is -0.353. The molecule has 1 amide bonds. The number of aromatic nitrogens is 2. The molecule has 3 aromatic rings. The molecule has 0 atom stereocenters. The van der Waals surface area contributed by atoms with Gasteiger partial charge in [-0.15, -0.1) is 23.1 Å². The Hall–Kier alpha value is -2.32. The third-order valence-electron chi connectivity index (χ3n) is 3.76. The van der Waals surface area contributed by atoms with Crippen LogP contribution < -0.4 is 5.32 Å². The molecule has 2 aromatic heterocycles. The van der Waals surface area contributed by atoms with Crippen molar-refractivity contribution in [3.8, 4) is 0 Å². The number of thioether (sulfide) groups is 1. The van der Waals surface area contributed by atoms with Crippen LogP contribution in [0.3, 0.4) is 0 Å². The molecule has 0 saturated heterocycles. The van der Waals surface area contributed by atoms with E-state index in [9.17, 15) is 9.59 Å². The van der Waals surface area contributed by atoms with Gasteiger partial charge in [0, 0.05) is 17.7 Å². The molecule has 136 valence electrons. The van der Waals surface area contributed by atoms with Crippen LogP contribution in [0.1, 0.15) is 20.9 Å². The van der Waals surface area contributed by atoms with Gasteiger partial charge in [0.2, 0.25) is 0 Å². The zero-order chi connectivity index (χ0) is 18.5. The summed E-state index contributed by atoms with van der Waals surface area (Å²) < 4.78 is 1.93. The van der Waals surface area contributed by atoms with Gasteiger partial charge in [0.1, 0.15) is 4.83 Å². The maximum Gasteiger partial charge on any atom is 0.313 e. The molecule has 0 spiro atoms. The SMILES string of the molecule is Cc1nn(Cc2ccccc2)c2sc(C(=O)NCCSCC(=O)O)cc12. The molecule has 0 aliphatic rings. The van der Waals surface area contributed by atoms with Crippen LogP contribution >= 0.6 is 23.1 Å². The zero-order valence-corrected chi connectivity index (χ0v) is 15.9. The molecular weight excluding hydrogens is 370 g/mol. The first-order valence-corrected chi connectivity index (χ1v) is 10.1. The Bertz CT molecular complexity index is 919. The third kappa shape index (κ3) is 4.44. The summed E-state index contributed by atoms with van der Waals surface area (Å²) in [5.41, 5.74) is 2.06. The predicted molar refractivity (Wildman–Crippen MR) is 105 cm³/mol. The number of thiophene rings is 1. The van der Waals surface area contributed by atoms with E-state index in [0.717, 1.165) is 21.5 Å². The lowest BCUT2D eigenvalue weighted by Crippen LogP contribution is -2.25. The van der Waals surface area contributed by atoms with E-state index in [-0.39, 0.29) is 11.7 Å². The fourth-order valence-corrected chi connectivity index (χ4v) is 4.21. The number of amides is 1. The van der Waals surface area contributed by atoms with E-state index in [1.807, 2.05) is 35.9 Å². The Morgan fingerprint density at radius 1 is 1.31 bits per heavy atom. The van der Waals surface area contributed by atoms with E-state index in [0.29, 0.717) is 23.7 Å². The van der Waals surface area contributed by atoms with Crippen molar-refractivity contribution in [1.29, 1.82) is 0 Å². The van der Waals surface area contributed by atoms with Gasteiger partial charge in [-0.25, -0.2) is 0 Å². The number of hydrogen-bond donors (Lipinski definition) is 2. The van der Waals surface area contributed by atoms with Crippen LogP contribution in [0.2, 0.25) is 0 Å². The topological polar surface area (TPSA) is 84.2 Å². The third-order valence-corrected chi connectivity index (χ3v) is 5.85. The minimum atomic E-state index is -0.843. The Morgan fingerprint density at radius 2 is 2.08 bits per heavy atom. The highest BCUT2D eigenvalue weighted by Gasteiger charge is 2.16. The number of carboxylic acid groups (broad SMARTS) is 1. The van der Waals surface area contributed by atoms with Crippen molar-refractivity contribution in [3.05, 3.63) is 52.5 Å². The second-order valence-electron chi connectivity index (χ2n) is 5.76. The molecule has 0 aliphatic heterocycles. The second kappa shape index (κ2) is 8.37. The molecular formula is C18H19N3O3S2. The number of benzene rings is 1. The summed E-state index contributed by atoms with van der Waals surface area (Å²) in [7, 11) is 0. The first kappa shape index (κ1) is 18.5. The maximum absolute atomic E-state index is 12.3. The summed E-state index contributed by atoms with van der Waals surface area (Å²) >= 11 is 2.71. The Morgan fingerprint density at radius 3 is 2.81 bits per heavy atom. The molecule has 0 aliphatic carbocycles. The van der Waals surface area contributed by atoms with Crippen LogP contribution in [0, 0.1) is 6.92 Å². The van der Waals surface area contributed by atoms with Crippen LogP contribution in [0.5, 0.6) is 0 Å². The minimum Gasteiger partial charge on any atom is -0.481 e. The number of carbonyl (C=O) groups is 2. The standard InChI is InChI=1S/C18H19N3O3S2/c1-12-14-9-15(17(24)19-7-8-25-11-16(22)23)26-18(14)21(20-12)10-13-5-3-2-4-6-13/h2-6,9H,7-8,10-11H2,1H3,(H,19,24)(H,22,23). The van der Waals surface area contributed by atoms with E-state index in [1.54, 1.807) is 0 Å². The van der Waals surface area contributed by atoms with E-state index < -0.39 is 5.97 Å². The molecule has 6 nitrogen and oxygen atoms in total. The molecule has 2 heterocycles. The van der Waals surface area contributed by atoms with Crippen molar-refractivity contribution < 1.29 is 14.7 Å². The van der Waals surface area contributed by atoms with E-state index in [2.05, 4.69) is 22.5 Å². The molecule has 26 heavy (non-hydrogen) atoms. The van der Waals surface area contributed by atoms with E-state index in [1.165, 1.54) is 23.1 Å². The average molecular weight is 390 g/mol. The number of fused-ring (bicyclic) bond motifs is 1. The highest BCUT2D eigenvalue weighted by atomic mass is 32.2. The van der Waals surface area contributed by atoms with E-state index >= 15 is 0 Å². The van der Waals surface area contributed by atoms with Crippen molar-refractivity contribution >= 4 is 45.2 Å². The molecule has 0 fully saturated rings. The fourth-order valence-electron chi connectivity index (χ4n) is 2.57. The van der Waals surface area contributed by atoms with Crippen LogP contribution in [0.25, 0.3) is 10.2 Å². The monoisotopic (exact) mass is 389 g/mol. The number of nitrogens with one attached hydrogen (secondary N) is 1. The molecule has 0 radical (unpaired) electrons. The molecule has 8 heteroatoms. The number of hydrogen-bond acceptors (Lipinski definition) is 5. The largest absolute Gasteiger partial charge is 0.481 e. The summed E-state index contributed by atoms with van der Waals surface area (Å²) in [6, 6.07) is 12.0. The summed E-state index contributed by atoms with van der Waals surface area (Å²) in [5, 5.41) is 17.0. The predicted octanol–water partition coefficient (Wildman–Crippen LogP) is 3.00. The number of carbonyl (C=O) groups excluding carboxylic acids is 1. The molecule has 1 aromatic carbocycles. The summed E-state index contributed by atoms with van der Waals surface area (Å²) in [4.78, 5) is 24.4. The minimum absolute atomic E-state index is 0.0489. The maximum atomic E-state index is 12.3. The second-order valence-corrected chi connectivity index (χ2v) is 7.90. The summed E-state index contributed by atoms with van der Waals surface area (Å²) in [6.45, 7) is 3.06. The molecule has 0 unspecified atom stereocenters. The zero-order valence-electron chi connectivity index (χ0n) is 14.3. The Balaban J connectivity index is 1.68. The molecule has 0 bridgehead atoms. The normalized spacial score (nSPS) is 11.0. The van der Waals surface area contributed by atoms with Gasteiger partial charge in [0.25, 0.3) is 5.91 Å². The molecule has 0 saturated carbocycles. The van der Waals surface area contributed by atoms with Gasteiger partial charge in [0.15, 0.2) is 0 Å². The first-order valence-electron chi connectivity index (χ1n) is 8.13. The van der Waals surface area contributed by atoms with Gasteiger partial charge in [-0.2, -0.15) is 5.10 Å². The van der Waals surface area contributed by atoms with Gasteiger partial charge in [-0.1, -0.05) is 30.3 Å². The highest BCUT2D eigenvalue weighted by molar-refractivity contribution is 7.99. The Labute approximate surface area is 159 Å². The van der Waals surface area contributed by atoms with Crippen LogP contribution in [0.15, 0.2) is 36.4 Å². The van der Waals surface area contributed by atoms with Crippen molar-refractivity contribution in [3.63, 3.8) is 0 Å². The van der Waals surface area contributed by atoms with Gasteiger partial charge in [-0.3, -0.25) is 14.3 Å². The van der Waals surface area contributed by atoms with E-state index in [4.69, 9.17) is 5.11 Å². The van der Waals surface area contributed by atoms with Crippen LogP contribution in [0.4, 0.5) is 0 Å².